The molecule has 0 spiro atoms. The number of aryl methyl sites for hydroxylation is 2. The van der Waals surface area contributed by atoms with E-state index in [1.807, 2.05) is 42.4 Å². The average Bonchev–Trinajstić information content (AvgIpc) is 3.03. The van der Waals surface area contributed by atoms with Gasteiger partial charge in [-0.25, -0.2) is 0 Å². The van der Waals surface area contributed by atoms with Crippen molar-refractivity contribution >= 4 is 17.7 Å². The van der Waals surface area contributed by atoms with Crippen molar-refractivity contribution in [2.45, 2.75) is 64.2 Å². The number of nitrogens with zero attached hydrogens (tertiary/aromatic N) is 3. The van der Waals surface area contributed by atoms with Crippen molar-refractivity contribution in [1.82, 2.24) is 14.7 Å². The summed E-state index contributed by atoms with van der Waals surface area (Å²) in [6, 6.07) is 0.438. The quantitative estimate of drug-likeness (QED) is 0.807. The van der Waals surface area contributed by atoms with E-state index in [0.29, 0.717) is 12.5 Å². The number of thioether (sulfide) groups is 1. The Morgan fingerprint density at radius 2 is 2.14 bits per heavy atom. The third kappa shape index (κ3) is 3.86. The molecule has 0 radical (unpaired) electrons. The van der Waals surface area contributed by atoms with Gasteiger partial charge < -0.3 is 4.90 Å². The molecule has 1 aliphatic carbocycles. The van der Waals surface area contributed by atoms with Gasteiger partial charge in [-0.3, -0.25) is 9.48 Å². The highest BCUT2D eigenvalue weighted by Gasteiger charge is 2.29. The average molecular weight is 324 g/mol. The lowest BCUT2D eigenvalue weighted by Gasteiger charge is -2.25. The summed E-state index contributed by atoms with van der Waals surface area (Å²) >= 11 is 2.04. The van der Waals surface area contributed by atoms with Crippen LogP contribution in [0.5, 0.6) is 0 Å². The Bertz CT molecular complexity index is 526. The van der Waals surface area contributed by atoms with Crippen LogP contribution in [0.2, 0.25) is 0 Å². The maximum absolute atomic E-state index is 12.5. The largest absolute Gasteiger partial charge is 0.343 e. The Balaban J connectivity index is 1.87. The lowest BCUT2D eigenvalue weighted by atomic mass is 10.1. The van der Waals surface area contributed by atoms with Gasteiger partial charge in [-0.2, -0.15) is 16.9 Å². The maximum Gasteiger partial charge on any atom is 0.222 e. The highest BCUT2D eigenvalue weighted by Crippen LogP contribution is 2.32. The number of rotatable bonds is 6. The second-order valence-electron chi connectivity index (χ2n) is 6.32. The Kier molecular flexibility index (Phi) is 5.95. The van der Waals surface area contributed by atoms with Gasteiger partial charge >= 0.3 is 0 Å². The van der Waals surface area contributed by atoms with E-state index in [9.17, 15) is 4.79 Å². The van der Waals surface area contributed by atoms with Crippen LogP contribution in [-0.2, 0) is 18.3 Å². The topological polar surface area (TPSA) is 38.1 Å². The number of carbonyl (C=O) groups excluding carboxylic acids is 1. The van der Waals surface area contributed by atoms with Gasteiger partial charge in [0.15, 0.2) is 0 Å². The van der Waals surface area contributed by atoms with Gasteiger partial charge in [0.1, 0.15) is 0 Å². The van der Waals surface area contributed by atoms with Crippen LogP contribution in [0.4, 0.5) is 0 Å². The molecule has 22 heavy (non-hydrogen) atoms. The summed E-state index contributed by atoms with van der Waals surface area (Å²) in [5, 5.41) is 5.17. The van der Waals surface area contributed by atoms with Crippen molar-refractivity contribution in [3.8, 4) is 0 Å². The van der Waals surface area contributed by atoms with Crippen LogP contribution in [0.15, 0.2) is 0 Å². The molecule has 2 rings (SSSR count). The molecule has 4 nitrogen and oxygen atoms in total. The lowest BCUT2D eigenvalue weighted by Crippen LogP contribution is -2.35. The molecule has 2 atom stereocenters. The molecule has 1 heterocycles. The van der Waals surface area contributed by atoms with Crippen LogP contribution in [0.1, 0.15) is 49.6 Å². The van der Waals surface area contributed by atoms with Crippen LogP contribution in [0.3, 0.4) is 0 Å². The first-order valence-corrected chi connectivity index (χ1v) is 9.35. The van der Waals surface area contributed by atoms with E-state index >= 15 is 0 Å². The molecule has 1 amide bonds. The van der Waals surface area contributed by atoms with Gasteiger partial charge in [-0.1, -0.05) is 6.92 Å². The van der Waals surface area contributed by atoms with Gasteiger partial charge in [0.25, 0.3) is 0 Å². The van der Waals surface area contributed by atoms with Gasteiger partial charge in [0.2, 0.25) is 5.91 Å². The SMILES string of the molecule is CCS[C@H]1CC[C@H](N(C)C(=O)CCc2c(C)nn(C)c2C)C1. The first kappa shape index (κ1) is 17.4. The Morgan fingerprint density at radius 1 is 1.41 bits per heavy atom. The molecule has 0 saturated heterocycles. The summed E-state index contributed by atoms with van der Waals surface area (Å²) in [4.78, 5) is 14.5. The van der Waals surface area contributed by atoms with E-state index in [1.54, 1.807) is 0 Å². The van der Waals surface area contributed by atoms with Crippen LogP contribution >= 0.6 is 11.8 Å². The molecule has 0 aliphatic heterocycles. The molecule has 1 aromatic heterocycles. The standard InChI is InChI=1S/C17H29N3OS/c1-6-22-15-8-7-14(11-15)19(4)17(21)10-9-16-12(2)18-20(5)13(16)3/h14-15H,6-11H2,1-5H3/t14-,15-/m0/s1. The van der Waals surface area contributed by atoms with Gasteiger partial charge in [-0.15, -0.1) is 0 Å². The number of aromatic nitrogens is 2. The molecule has 1 saturated carbocycles. The highest BCUT2D eigenvalue weighted by molar-refractivity contribution is 7.99. The second-order valence-corrected chi connectivity index (χ2v) is 7.90. The van der Waals surface area contributed by atoms with Crippen molar-refractivity contribution in [3.63, 3.8) is 0 Å². The van der Waals surface area contributed by atoms with Crippen molar-refractivity contribution < 1.29 is 4.79 Å². The fourth-order valence-electron chi connectivity index (χ4n) is 3.45. The molecule has 0 aromatic carbocycles. The first-order chi connectivity index (χ1) is 10.4. The summed E-state index contributed by atoms with van der Waals surface area (Å²) in [5.41, 5.74) is 3.46. The van der Waals surface area contributed by atoms with Gasteiger partial charge in [-0.05, 0) is 50.8 Å². The smallest absolute Gasteiger partial charge is 0.222 e. The molecular weight excluding hydrogens is 294 g/mol. The fraction of sp³-hybridized carbons (Fsp3) is 0.765. The van der Waals surface area contributed by atoms with Crippen molar-refractivity contribution in [2.75, 3.05) is 12.8 Å². The van der Waals surface area contributed by atoms with Crippen LogP contribution in [0.25, 0.3) is 0 Å². The molecule has 1 aliphatic rings. The minimum absolute atomic E-state index is 0.273. The molecule has 0 unspecified atom stereocenters. The van der Waals surface area contributed by atoms with Crippen molar-refractivity contribution in [2.24, 2.45) is 7.05 Å². The Hall–Kier alpha value is -0.970. The van der Waals surface area contributed by atoms with Crippen molar-refractivity contribution in [3.05, 3.63) is 17.0 Å². The second kappa shape index (κ2) is 7.53. The zero-order valence-corrected chi connectivity index (χ0v) is 15.4. The Morgan fingerprint density at radius 3 is 2.73 bits per heavy atom. The van der Waals surface area contributed by atoms with E-state index < -0.39 is 0 Å². The summed E-state index contributed by atoms with van der Waals surface area (Å²) in [6.45, 7) is 6.32. The van der Waals surface area contributed by atoms with E-state index in [1.165, 1.54) is 23.4 Å². The molecule has 5 heteroatoms. The number of carbonyl (C=O) groups is 1. The zero-order valence-electron chi connectivity index (χ0n) is 14.6. The summed E-state index contributed by atoms with van der Waals surface area (Å²) in [5.74, 6) is 1.45. The van der Waals surface area contributed by atoms with E-state index in [0.717, 1.165) is 30.2 Å². The van der Waals surface area contributed by atoms with Gasteiger partial charge in [0.05, 0.1) is 5.69 Å². The molecule has 1 aromatic rings. The van der Waals surface area contributed by atoms with Crippen LogP contribution < -0.4 is 0 Å². The molecule has 1 fully saturated rings. The van der Waals surface area contributed by atoms with E-state index in [-0.39, 0.29) is 5.91 Å². The van der Waals surface area contributed by atoms with Crippen molar-refractivity contribution in [1.29, 1.82) is 0 Å². The zero-order chi connectivity index (χ0) is 16.3. The maximum atomic E-state index is 12.5. The van der Waals surface area contributed by atoms with E-state index in [4.69, 9.17) is 0 Å². The molecule has 124 valence electrons. The lowest BCUT2D eigenvalue weighted by molar-refractivity contribution is -0.131. The highest BCUT2D eigenvalue weighted by atomic mass is 32.2. The van der Waals surface area contributed by atoms with Gasteiger partial charge in [0, 0.05) is 37.5 Å². The molecular formula is C17H29N3OS. The predicted molar refractivity (Wildman–Crippen MR) is 93.3 cm³/mol. The third-order valence-electron chi connectivity index (χ3n) is 4.95. The fourth-order valence-corrected chi connectivity index (χ4v) is 4.58. The van der Waals surface area contributed by atoms with Crippen LogP contribution in [0, 0.1) is 13.8 Å². The Labute approximate surface area is 138 Å². The minimum Gasteiger partial charge on any atom is -0.343 e. The minimum atomic E-state index is 0.273. The number of amides is 1. The van der Waals surface area contributed by atoms with Crippen LogP contribution in [-0.4, -0.2) is 44.7 Å². The summed E-state index contributed by atoms with van der Waals surface area (Å²) in [7, 11) is 3.94. The molecule has 0 bridgehead atoms. The summed E-state index contributed by atoms with van der Waals surface area (Å²) < 4.78 is 1.91. The third-order valence-corrected chi connectivity index (χ3v) is 6.18. The monoisotopic (exact) mass is 323 g/mol. The predicted octanol–water partition coefficient (Wildman–Crippen LogP) is 3.10. The summed E-state index contributed by atoms with van der Waals surface area (Å²) in [6.07, 6.45) is 4.96. The normalized spacial score (nSPS) is 21.3. The first-order valence-electron chi connectivity index (χ1n) is 8.30. The molecule has 0 N–H and O–H groups in total. The number of hydrogen-bond donors (Lipinski definition) is 0. The number of hydrogen-bond acceptors (Lipinski definition) is 3. The van der Waals surface area contributed by atoms with E-state index in [2.05, 4.69) is 18.9 Å².